The van der Waals surface area contributed by atoms with Gasteiger partial charge >= 0.3 is 6.09 Å². The first kappa shape index (κ1) is 35.3. The van der Waals surface area contributed by atoms with Gasteiger partial charge in [-0.25, -0.2) is 4.79 Å². The molecule has 0 saturated heterocycles. The van der Waals surface area contributed by atoms with Gasteiger partial charge in [0.15, 0.2) is 0 Å². The molecule has 0 spiro atoms. The predicted molar refractivity (Wildman–Crippen MR) is 186 cm³/mol. The summed E-state index contributed by atoms with van der Waals surface area (Å²) in [5, 5.41) is 34.6. The molecule has 4 aromatic rings. The quantitative estimate of drug-likeness (QED) is 0.107. The second-order valence-corrected chi connectivity index (χ2v) is 12.3. The topological polar surface area (TPSA) is 99.5 Å². The minimum Gasteiger partial charge on any atom is -0.444 e. The third-order valence-corrected chi connectivity index (χ3v) is 7.70. The molecule has 0 bridgehead atoms. The highest BCUT2D eigenvalue weighted by Crippen LogP contribution is 2.40. The molecule has 0 unspecified atom stereocenters. The minimum atomic E-state index is -1.71. The van der Waals surface area contributed by atoms with Crippen LogP contribution in [0.25, 0.3) is 6.08 Å². The predicted octanol–water partition coefficient (Wildman–Crippen LogP) is 6.58. The average Bonchev–Trinajstić information content (AvgIpc) is 3.08. The summed E-state index contributed by atoms with van der Waals surface area (Å²) in [6.07, 6.45) is -0.705. The smallest absolute Gasteiger partial charge is 0.411 e. The highest BCUT2D eigenvalue weighted by molar-refractivity contribution is 5.69. The van der Waals surface area contributed by atoms with E-state index in [1.54, 1.807) is 32.9 Å². The molecule has 0 heterocycles. The number of hydrogen-bond acceptors (Lipinski definition) is 6. The van der Waals surface area contributed by atoms with Crippen molar-refractivity contribution in [2.24, 2.45) is 0 Å². The molecule has 0 saturated carbocycles. The van der Waals surface area contributed by atoms with Crippen molar-refractivity contribution in [1.29, 1.82) is 0 Å². The summed E-state index contributed by atoms with van der Waals surface area (Å²) in [7, 11) is 0. The molecule has 0 fully saturated rings. The SMILES string of the molecule is C=CCN(C(=O)OC(C)(C)C)[C@H](/C=C/c1ccccc1)[C@@H](O)[C@H](O)[C@@H](O)COC(c1ccccc1)(c1ccccc1)c1ccccc1. The summed E-state index contributed by atoms with van der Waals surface area (Å²) in [4.78, 5) is 14.6. The Morgan fingerprint density at radius 2 is 1.19 bits per heavy atom. The number of nitrogens with zero attached hydrogens (tertiary/aromatic N) is 1. The molecule has 0 aliphatic rings. The number of amides is 1. The maximum Gasteiger partial charge on any atom is 0.411 e. The second kappa shape index (κ2) is 16.3. The van der Waals surface area contributed by atoms with Gasteiger partial charge < -0.3 is 24.8 Å². The van der Waals surface area contributed by atoms with E-state index in [2.05, 4.69) is 6.58 Å². The van der Waals surface area contributed by atoms with Crippen molar-refractivity contribution in [3.63, 3.8) is 0 Å². The van der Waals surface area contributed by atoms with Gasteiger partial charge in [-0.15, -0.1) is 6.58 Å². The van der Waals surface area contributed by atoms with Gasteiger partial charge in [0.2, 0.25) is 0 Å². The van der Waals surface area contributed by atoms with E-state index >= 15 is 0 Å². The van der Waals surface area contributed by atoms with Gasteiger partial charge in [0.05, 0.1) is 12.6 Å². The second-order valence-electron chi connectivity index (χ2n) is 12.3. The van der Waals surface area contributed by atoms with Crippen LogP contribution in [-0.2, 0) is 15.1 Å². The number of rotatable bonds is 14. The number of aliphatic hydroxyl groups is 3. The molecule has 7 heteroatoms. The zero-order chi connectivity index (χ0) is 33.9. The van der Waals surface area contributed by atoms with E-state index in [-0.39, 0.29) is 13.2 Å². The first-order valence-corrected chi connectivity index (χ1v) is 15.8. The van der Waals surface area contributed by atoms with Crippen molar-refractivity contribution in [2.75, 3.05) is 13.2 Å². The largest absolute Gasteiger partial charge is 0.444 e. The Hall–Kier alpha value is -4.53. The Bertz CT molecular complexity index is 1460. The van der Waals surface area contributed by atoms with Crippen molar-refractivity contribution >= 4 is 12.2 Å². The molecule has 0 aromatic heterocycles. The van der Waals surface area contributed by atoms with E-state index in [0.717, 1.165) is 22.3 Å². The fourth-order valence-electron chi connectivity index (χ4n) is 5.46. The number of benzene rings is 4. The molecule has 0 aliphatic heterocycles. The minimum absolute atomic E-state index is 0.0220. The van der Waals surface area contributed by atoms with Crippen molar-refractivity contribution in [3.8, 4) is 0 Å². The summed E-state index contributed by atoms with van der Waals surface area (Å²) in [5.41, 5.74) is 1.34. The van der Waals surface area contributed by atoms with E-state index in [4.69, 9.17) is 9.47 Å². The summed E-state index contributed by atoms with van der Waals surface area (Å²) in [5.74, 6) is 0. The molecule has 4 rings (SSSR count). The Morgan fingerprint density at radius 1 is 0.745 bits per heavy atom. The van der Waals surface area contributed by atoms with Gasteiger partial charge in [-0.2, -0.15) is 0 Å². The van der Waals surface area contributed by atoms with Crippen LogP contribution in [0.1, 0.15) is 43.0 Å². The van der Waals surface area contributed by atoms with E-state index in [1.807, 2.05) is 121 Å². The molecule has 4 atom stereocenters. The molecule has 0 aliphatic carbocycles. The number of aliphatic hydroxyl groups excluding tert-OH is 3. The van der Waals surface area contributed by atoms with Crippen molar-refractivity contribution in [3.05, 3.63) is 162 Å². The van der Waals surface area contributed by atoms with Crippen LogP contribution in [0.2, 0.25) is 0 Å². The molecule has 1 amide bonds. The van der Waals surface area contributed by atoms with Gasteiger partial charge in [-0.3, -0.25) is 4.90 Å². The van der Waals surface area contributed by atoms with Gasteiger partial charge in [-0.05, 0) is 43.0 Å². The lowest BCUT2D eigenvalue weighted by atomic mass is 9.80. The first-order valence-electron chi connectivity index (χ1n) is 15.8. The first-order chi connectivity index (χ1) is 22.6. The summed E-state index contributed by atoms with van der Waals surface area (Å²) in [6, 6.07) is 37.3. The molecule has 246 valence electrons. The summed E-state index contributed by atoms with van der Waals surface area (Å²) in [6.45, 7) is 8.69. The average molecular weight is 636 g/mol. The van der Waals surface area contributed by atoms with Crippen LogP contribution < -0.4 is 0 Å². The van der Waals surface area contributed by atoms with Crippen LogP contribution in [0, 0.1) is 0 Å². The van der Waals surface area contributed by atoms with E-state index in [0.29, 0.717) is 0 Å². The van der Waals surface area contributed by atoms with Gasteiger partial charge in [0, 0.05) is 6.54 Å². The summed E-state index contributed by atoms with van der Waals surface area (Å²) >= 11 is 0. The molecule has 3 N–H and O–H groups in total. The third kappa shape index (κ3) is 9.05. The summed E-state index contributed by atoms with van der Waals surface area (Å²) < 4.78 is 12.3. The normalized spacial score (nSPS) is 14.6. The molecule has 4 aromatic carbocycles. The Kier molecular flexibility index (Phi) is 12.3. The monoisotopic (exact) mass is 635 g/mol. The van der Waals surface area contributed by atoms with E-state index < -0.39 is 41.6 Å². The van der Waals surface area contributed by atoms with E-state index in [1.165, 1.54) is 11.0 Å². The van der Waals surface area contributed by atoms with Crippen LogP contribution in [0.4, 0.5) is 4.79 Å². The number of ether oxygens (including phenoxy) is 2. The lowest BCUT2D eigenvalue weighted by Crippen LogP contribution is -2.55. The fraction of sp³-hybridized carbons (Fsp3) is 0.275. The van der Waals surface area contributed by atoms with Crippen LogP contribution in [0.3, 0.4) is 0 Å². The molecule has 47 heavy (non-hydrogen) atoms. The van der Waals surface area contributed by atoms with E-state index in [9.17, 15) is 20.1 Å². The van der Waals surface area contributed by atoms with Crippen LogP contribution >= 0.6 is 0 Å². The number of carbonyl (C=O) groups is 1. The van der Waals surface area contributed by atoms with Crippen LogP contribution in [-0.4, -0.2) is 69.4 Å². The Labute approximate surface area is 278 Å². The maximum absolute atomic E-state index is 13.4. The number of carbonyl (C=O) groups excluding carboxylic acids is 1. The highest BCUT2D eigenvalue weighted by atomic mass is 16.6. The van der Waals surface area contributed by atoms with Crippen molar-refractivity contribution in [1.82, 2.24) is 4.90 Å². The van der Waals surface area contributed by atoms with Gasteiger partial charge in [0.1, 0.15) is 29.5 Å². The molecular weight excluding hydrogens is 590 g/mol. The maximum atomic E-state index is 13.4. The fourth-order valence-corrected chi connectivity index (χ4v) is 5.46. The van der Waals surface area contributed by atoms with Crippen molar-refractivity contribution < 1.29 is 29.6 Å². The highest BCUT2D eigenvalue weighted by Gasteiger charge is 2.41. The zero-order valence-electron chi connectivity index (χ0n) is 27.2. The third-order valence-electron chi connectivity index (χ3n) is 7.70. The number of hydrogen-bond donors (Lipinski definition) is 3. The molecular formula is C40H45NO6. The standard InChI is InChI=1S/C40H45NO6/c1-5-28-41(38(45)47-39(2,3)4)34(27-26-30-18-10-6-11-19-30)36(43)37(44)35(42)29-46-40(31-20-12-7-13-21-31,32-22-14-8-15-23-32)33-24-16-9-17-25-33/h5-27,34-37,42-44H,1,28-29H2,2-4H3/b27-26+/t34-,35+,36-,37-/m1/s1. The van der Waals surface area contributed by atoms with Crippen LogP contribution in [0.5, 0.6) is 0 Å². The lowest BCUT2D eigenvalue weighted by molar-refractivity contribution is -0.120. The zero-order valence-corrected chi connectivity index (χ0v) is 27.2. The van der Waals surface area contributed by atoms with Gasteiger partial charge in [0.25, 0.3) is 0 Å². The van der Waals surface area contributed by atoms with Crippen molar-refractivity contribution in [2.45, 2.75) is 56.3 Å². The van der Waals surface area contributed by atoms with Crippen LogP contribution in [0.15, 0.2) is 140 Å². The molecule has 0 radical (unpaired) electrons. The Balaban J connectivity index is 1.68. The Morgan fingerprint density at radius 3 is 1.62 bits per heavy atom. The van der Waals surface area contributed by atoms with Gasteiger partial charge in [-0.1, -0.05) is 140 Å². The molecule has 7 nitrogen and oxygen atoms in total. The lowest BCUT2D eigenvalue weighted by Gasteiger charge is -2.39.